The molecule has 4 rings (SSSR count). The Balaban J connectivity index is 0.00000204. The molecule has 0 heterocycles. The van der Waals surface area contributed by atoms with Gasteiger partial charge in [0.05, 0.1) is 0 Å². The number of benzene rings is 4. The van der Waals surface area contributed by atoms with Crippen LogP contribution in [0.3, 0.4) is 0 Å². The maximum atomic E-state index is 11.7. The fourth-order valence-electron chi connectivity index (χ4n) is 4.34. The monoisotopic (exact) mass is 676 g/mol. The van der Waals surface area contributed by atoms with E-state index >= 15 is 0 Å². The van der Waals surface area contributed by atoms with Gasteiger partial charge in [-0.15, -0.1) is 17.2 Å². The summed E-state index contributed by atoms with van der Waals surface area (Å²) < 4.78 is 0. The van der Waals surface area contributed by atoms with Gasteiger partial charge in [-0.25, -0.2) is 0 Å². The summed E-state index contributed by atoms with van der Waals surface area (Å²) in [5.74, 6) is -0.0664. The zero-order chi connectivity index (χ0) is 22.9. The Hall–Kier alpha value is 1.70. The Morgan fingerprint density at radius 2 is 0.571 bits per heavy atom. The van der Waals surface area contributed by atoms with Gasteiger partial charge in [-0.05, 0) is 34.7 Å². The molecule has 4 aromatic carbocycles. The van der Waals surface area contributed by atoms with E-state index in [0.29, 0.717) is 0 Å². The third-order valence-electron chi connectivity index (χ3n) is 6.62. The third-order valence-corrected chi connectivity index (χ3v) is 6.62. The minimum absolute atomic E-state index is 0. The Labute approximate surface area is 355 Å². The van der Waals surface area contributed by atoms with Crippen molar-refractivity contribution in [1.82, 2.24) is 0 Å². The first-order chi connectivity index (χ1) is 15.2. The molecule has 0 saturated heterocycles. The fraction of sp³-hybridized carbons (Fsp3) is 0.172. The summed E-state index contributed by atoms with van der Waals surface area (Å²) in [7, 11) is 0. The molecule has 6 heteroatoms. The van der Waals surface area contributed by atoms with Crippen LogP contribution in [0, 0.1) is 0 Å². The molecule has 0 amide bonds. The van der Waals surface area contributed by atoms with E-state index in [1.165, 1.54) is 0 Å². The van der Waals surface area contributed by atoms with Gasteiger partial charge in [0.15, 0.2) is 0 Å². The van der Waals surface area contributed by atoms with Crippen LogP contribution in [-0.2, 0) is 10.8 Å². The Morgan fingerprint density at radius 3 is 0.857 bits per heavy atom. The Bertz CT molecular complexity index is 1160. The van der Waals surface area contributed by atoms with E-state index in [-0.39, 0.29) is 197 Å². The predicted octanol–water partition coefficient (Wildman–Crippen LogP) is -4.40. The smallest absolute Gasteiger partial charge is 0.872 e. The van der Waals surface area contributed by atoms with Crippen molar-refractivity contribution in [2.75, 3.05) is 0 Å². The molecule has 0 aromatic heterocycles. The molecule has 0 saturated carbocycles. The van der Waals surface area contributed by atoms with Gasteiger partial charge in [-0.1, -0.05) is 111 Å². The van der Waals surface area contributed by atoms with Crippen molar-refractivity contribution < 1.29 is 190 Å². The summed E-state index contributed by atoms with van der Waals surface area (Å²) in [5.41, 5.74) is 4.43. The van der Waals surface area contributed by atoms with E-state index in [2.05, 4.69) is 45.0 Å². The van der Waals surface area contributed by atoms with Crippen molar-refractivity contribution in [3.63, 3.8) is 0 Å². The minimum Gasteiger partial charge on any atom is -0.872 e. The maximum absolute atomic E-state index is 11.7. The molecule has 0 aliphatic carbocycles. The zero-order valence-corrected chi connectivity index (χ0v) is 36.2. The molecular weight excluding hydrogens is 653 g/mol. The van der Waals surface area contributed by atoms with E-state index in [4.69, 9.17) is 0 Å². The average molecular weight is 678 g/mol. The SMILES string of the molecule is CC(C)(c1ccc([O-])cc1)c1ccc(C(C)(c2ccc([O-])cc2)c2ccc([O-])cc2)cc1.[Rb+].[Rb+].[Rb+]. The fourth-order valence-corrected chi connectivity index (χ4v) is 4.34. The Morgan fingerprint density at radius 1 is 0.371 bits per heavy atom. The second kappa shape index (κ2) is 14.9. The molecule has 0 N–H and O–H groups in total. The van der Waals surface area contributed by atoms with Crippen molar-refractivity contribution in [1.29, 1.82) is 0 Å². The number of rotatable bonds is 5. The second-order valence-corrected chi connectivity index (χ2v) is 8.90. The summed E-state index contributed by atoms with van der Waals surface area (Å²) in [4.78, 5) is 0. The van der Waals surface area contributed by atoms with Crippen LogP contribution in [0.5, 0.6) is 17.2 Å². The average Bonchev–Trinajstić information content (AvgIpc) is 2.80. The molecule has 0 bridgehead atoms. The summed E-state index contributed by atoms with van der Waals surface area (Å²) in [6.07, 6.45) is 0. The van der Waals surface area contributed by atoms with E-state index in [9.17, 15) is 15.3 Å². The largest absolute Gasteiger partial charge is 1.00 e. The van der Waals surface area contributed by atoms with E-state index in [1.54, 1.807) is 36.4 Å². The van der Waals surface area contributed by atoms with Crippen LogP contribution in [0.25, 0.3) is 0 Å². The van der Waals surface area contributed by atoms with Gasteiger partial charge in [0.2, 0.25) is 0 Å². The zero-order valence-electron chi connectivity index (χ0n) is 21.5. The molecule has 0 aliphatic heterocycles. The first kappa shape index (κ1) is 34.7. The van der Waals surface area contributed by atoms with Gasteiger partial charge in [0, 0.05) is 10.8 Å². The van der Waals surface area contributed by atoms with Crippen LogP contribution in [0.2, 0.25) is 0 Å². The van der Waals surface area contributed by atoms with Gasteiger partial charge in [-0.3, -0.25) is 0 Å². The van der Waals surface area contributed by atoms with Crippen molar-refractivity contribution in [3.05, 3.63) is 125 Å². The molecule has 35 heavy (non-hydrogen) atoms. The first-order valence-corrected chi connectivity index (χ1v) is 10.6. The molecular formula is C29H25O3Rb3. The van der Waals surface area contributed by atoms with Crippen LogP contribution in [0.15, 0.2) is 97.1 Å². The molecule has 0 radical (unpaired) electrons. The molecule has 4 aromatic rings. The van der Waals surface area contributed by atoms with Gasteiger partial charge in [-0.2, -0.15) is 0 Å². The van der Waals surface area contributed by atoms with Crippen LogP contribution in [0.4, 0.5) is 0 Å². The topological polar surface area (TPSA) is 69.2 Å². The van der Waals surface area contributed by atoms with Crippen LogP contribution >= 0.6 is 0 Å². The summed E-state index contributed by atoms with van der Waals surface area (Å²) >= 11 is 0. The van der Waals surface area contributed by atoms with E-state index in [1.807, 2.05) is 36.4 Å². The van der Waals surface area contributed by atoms with Crippen molar-refractivity contribution in [2.24, 2.45) is 0 Å². The number of hydrogen-bond donors (Lipinski definition) is 0. The predicted molar refractivity (Wildman–Crippen MR) is 122 cm³/mol. The summed E-state index contributed by atoms with van der Waals surface area (Å²) in [6, 6.07) is 29.1. The van der Waals surface area contributed by atoms with Gasteiger partial charge in [0.1, 0.15) is 0 Å². The molecule has 0 atom stereocenters. The quantitative estimate of drug-likeness (QED) is 0.201. The van der Waals surface area contributed by atoms with Crippen LogP contribution < -0.4 is 190 Å². The first-order valence-electron chi connectivity index (χ1n) is 10.6. The number of hydrogen-bond acceptors (Lipinski definition) is 3. The standard InChI is InChI=1S/C29H28O3.3Rb/c1-28(2,21-8-14-25(30)15-9-21)20-4-6-22(7-5-20)29(3,23-10-16-26(31)17-11-23)24-12-18-27(32)19-13-24;;;/h4-19,30-32H,1-3H3;;;/q;3*+1/p-3. The normalized spacial score (nSPS) is 10.9. The molecule has 0 spiro atoms. The maximum Gasteiger partial charge on any atom is 1.00 e. The van der Waals surface area contributed by atoms with Crippen LogP contribution in [-0.4, -0.2) is 0 Å². The molecule has 0 aliphatic rings. The minimum atomic E-state index is -0.533. The third kappa shape index (κ3) is 7.88. The van der Waals surface area contributed by atoms with Gasteiger partial charge >= 0.3 is 175 Å². The van der Waals surface area contributed by atoms with Gasteiger partial charge in [0.25, 0.3) is 0 Å². The summed E-state index contributed by atoms with van der Waals surface area (Å²) in [6.45, 7) is 6.39. The van der Waals surface area contributed by atoms with E-state index in [0.717, 1.165) is 27.8 Å². The van der Waals surface area contributed by atoms with Crippen molar-refractivity contribution in [2.45, 2.75) is 31.6 Å². The van der Waals surface area contributed by atoms with Gasteiger partial charge < -0.3 is 15.3 Å². The molecule has 3 nitrogen and oxygen atoms in total. The van der Waals surface area contributed by atoms with Crippen LogP contribution in [0.1, 0.15) is 48.6 Å². The Kier molecular flexibility index (Phi) is 14.8. The second-order valence-electron chi connectivity index (χ2n) is 8.90. The van der Waals surface area contributed by atoms with Crippen molar-refractivity contribution >= 4 is 0 Å². The van der Waals surface area contributed by atoms with Crippen molar-refractivity contribution in [3.8, 4) is 17.2 Å². The van der Waals surface area contributed by atoms with E-state index < -0.39 is 5.41 Å². The molecule has 0 fully saturated rings. The molecule has 0 unspecified atom stereocenters. The summed E-state index contributed by atoms with van der Waals surface area (Å²) in [5, 5.41) is 34.9. The molecule has 162 valence electrons.